The van der Waals surface area contributed by atoms with Crippen molar-refractivity contribution >= 4 is 17.5 Å². The summed E-state index contributed by atoms with van der Waals surface area (Å²) >= 11 is 0. The SMILES string of the molecule is COc1ccc2c(c1)C(C)(C)C1(/C=C/c3ccc([N+](=O)[O-])cc3)OCCN21. The summed E-state index contributed by atoms with van der Waals surface area (Å²) in [5.74, 6) is 0.831. The minimum Gasteiger partial charge on any atom is -0.497 e. The molecule has 2 aromatic rings. The summed E-state index contributed by atoms with van der Waals surface area (Å²) in [4.78, 5) is 12.7. The number of nitro groups is 1. The van der Waals surface area contributed by atoms with Gasteiger partial charge >= 0.3 is 0 Å². The number of rotatable bonds is 4. The lowest BCUT2D eigenvalue weighted by Gasteiger charge is -2.39. The third kappa shape index (κ3) is 2.51. The Kier molecular flexibility index (Phi) is 3.96. The average Bonchev–Trinajstić information content (AvgIpc) is 3.17. The van der Waals surface area contributed by atoms with Gasteiger partial charge in [-0.1, -0.05) is 19.9 Å². The molecule has 2 aliphatic rings. The van der Waals surface area contributed by atoms with Crippen molar-refractivity contribution in [2.24, 2.45) is 0 Å². The van der Waals surface area contributed by atoms with Crippen molar-refractivity contribution in [1.82, 2.24) is 0 Å². The van der Waals surface area contributed by atoms with Crippen LogP contribution in [-0.2, 0) is 10.2 Å². The minimum atomic E-state index is -0.594. The molecule has 2 heterocycles. The summed E-state index contributed by atoms with van der Waals surface area (Å²) < 4.78 is 11.7. The molecule has 0 aromatic heterocycles. The minimum absolute atomic E-state index is 0.0877. The molecule has 27 heavy (non-hydrogen) atoms. The van der Waals surface area contributed by atoms with E-state index in [4.69, 9.17) is 9.47 Å². The summed E-state index contributed by atoms with van der Waals surface area (Å²) in [7, 11) is 1.67. The monoisotopic (exact) mass is 366 g/mol. The number of anilines is 1. The molecule has 0 saturated carbocycles. The topological polar surface area (TPSA) is 64.8 Å². The molecule has 6 nitrogen and oxygen atoms in total. The number of ether oxygens (including phenoxy) is 2. The number of nitrogens with zero attached hydrogens (tertiary/aromatic N) is 2. The molecule has 0 bridgehead atoms. The Hall–Kier alpha value is -2.86. The zero-order chi connectivity index (χ0) is 19.2. The lowest BCUT2D eigenvalue weighted by Crippen LogP contribution is -2.51. The first-order valence-electron chi connectivity index (χ1n) is 8.93. The first-order valence-corrected chi connectivity index (χ1v) is 8.93. The van der Waals surface area contributed by atoms with E-state index in [2.05, 4.69) is 37.0 Å². The van der Waals surface area contributed by atoms with Gasteiger partial charge < -0.3 is 14.4 Å². The number of hydrogen-bond acceptors (Lipinski definition) is 5. The molecule has 4 rings (SSSR count). The van der Waals surface area contributed by atoms with Gasteiger partial charge in [-0.3, -0.25) is 10.1 Å². The normalized spacial score (nSPS) is 22.7. The Bertz CT molecular complexity index is 920. The Morgan fingerprint density at radius 3 is 2.63 bits per heavy atom. The molecule has 6 heteroatoms. The lowest BCUT2D eigenvalue weighted by atomic mass is 9.77. The Morgan fingerprint density at radius 1 is 1.22 bits per heavy atom. The molecular weight excluding hydrogens is 344 g/mol. The van der Waals surface area contributed by atoms with E-state index in [0.717, 1.165) is 23.5 Å². The van der Waals surface area contributed by atoms with Crippen LogP contribution in [0, 0.1) is 10.1 Å². The highest BCUT2D eigenvalue weighted by Gasteiger charge is 2.59. The lowest BCUT2D eigenvalue weighted by molar-refractivity contribution is -0.384. The van der Waals surface area contributed by atoms with Crippen LogP contribution < -0.4 is 9.64 Å². The van der Waals surface area contributed by atoms with Crippen LogP contribution >= 0.6 is 0 Å². The van der Waals surface area contributed by atoms with E-state index in [1.165, 1.54) is 17.7 Å². The summed E-state index contributed by atoms with van der Waals surface area (Å²) in [6, 6.07) is 12.7. The molecule has 1 saturated heterocycles. The van der Waals surface area contributed by atoms with Gasteiger partial charge in [-0.2, -0.15) is 0 Å². The first-order chi connectivity index (χ1) is 12.9. The molecule has 140 valence electrons. The maximum absolute atomic E-state index is 10.8. The molecule has 2 aromatic carbocycles. The molecule has 1 unspecified atom stereocenters. The Balaban J connectivity index is 1.73. The second-order valence-corrected chi connectivity index (χ2v) is 7.39. The third-order valence-corrected chi connectivity index (χ3v) is 5.71. The molecule has 0 N–H and O–H groups in total. The van der Waals surface area contributed by atoms with Crippen LogP contribution in [0.4, 0.5) is 11.4 Å². The van der Waals surface area contributed by atoms with E-state index >= 15 is 0 Å². The van der Waals surface area contributed by atoms with Crippen LogP contribution in [0.1, 0.15) is 25.0 Å². The largest absolute Gasteiger partial charge is 0.497 e. The van der Waals surface area contributed by atoms with Crippen molar-refractivity contribution in [2.75, 3.05) is 25.2 Å². The highest BCUT2D eigenvalue weighted by atomic mass is 16.6. The van der Waals surface area contributed by atoms with Gasteiger partial charge in [-0.15, -0.1) is 0 Å². The first kappa shape index (κ1) is 17.5. The molecule has 2 aliphatic heterocycles. The molecule has 1 atom stereocenters. The molecular formula is C21H22N2O4. The fourth-order valence-corrected chi connectivity index (χ4v) is 4.19. The van der Waals surface area contributed by atoms with E-state index in [9.17, 15) is 10.1 Å². The van der Waals surface area contributed by atoms with Gasteiger partial charge in [0.15, 0.2) is 5.72 Å². The summed E-state index contributed by atoms with van der Waals surface area (Å²) in [6.07, 6.45) is 4.06. The second-order valence-electron chi connectivity index (χ2n) is 7.39. The number of non-ortho nitro benzene ring substituents is 1. The van der Waals surface area contributed by atoms with Crippen LogP contribution in [0.3, 0.4) is 0 Å². The van der Waals surface area contributed by atoms with Gasteiger partial charge in [-0.25, -0.2) is 0 Å². The van der Waals surface area contributed by atoms with Crippen molar-refractivity contribution in [3.63, 3.8) is 0 Å². The van der Waals surface area contributed by atoms with Crippen molar-refractivity contribution in [1.29, 1.82) is 0 Å². The molecule has 1 fully saturated rings. The summed E-state index contributed by atoms with van der Waals surface area (Å²) in [5.41, 5.74) is 2.45. The van der Waals surface area contributed by atoms with Gasteiger partial charge in [0.1, 0.15) is 5.75 Å². The second kappa shape index (κ2) is 6.09. The maximum Gasteiger partial charge on any atom is 0.269 e. The van der Waals surface area contributed by atoms with Crippen molar-refractivity contribution in [3.05, 3.63) is 69.8 Å². The highest BCUT2D eigenvalue weighted by molar-refractivity contribution is 5.71. The van der Waals surface area contributed by atoms with E-state index in [0.29, 0.717) is 6.61 Å². The van der Waals surface area contributed by atoms with E-state index < -0.39 is 10.6 Å². The van der Waals surface area contributed by atoms with E-state index in [-0.39, 0.29) is 11.1 Å². The highest BCUT2D eigenvalue weighted by Crippen LogP contribution is 2.55. The molecule has 0 spiro atoms. The van der Waals surface area contributed by atoms with Crippen LogP contribution in [0.2, 0.25) is 0 Å². The summed E-state index contributed by atoms with van der Waals surface area (Å²) in [5, 5.41) is 10.8. The van der Waals surface area contributed by atoms with Gasteiger partial charge in [0.25, 0.3) is 5.69 Å². The molecule has 0 radical (unpaired) electrons. The number of nitro benzene ring substituents is 1. The molecule has 0 amide bonds. The maximum atomic E-state index is 10.8. The van der Waals surface area contributed by atoms with Crippen molar-refractivity contribution < 1.29 is 14.4 Å². The fraction of sp³-hybridized carbons (Fsp3) is 0.333. The zero-order valence-electron chi connectivity index (χ0n) is 15.6. The predicted octanol–water partition coefficient (Wildman–Crippen LogP) is 4.14. The zero-order valence-corrected chi connectivity index (χ0v) is 15.6. The van der Waals surface area contributed by atoms with Crippen molar-refractivity contribution in [2.45, 2.75) is 25.0 Å². The Labute approximate surface area is 158 Å². The Morgan fingerprint density at radius 2 is 1.96 bits per heavy atom. The average molecular weight is 366 g/mol. The van der Waals surface area contributed by atoms with Crippen LogP contribution in [0.15, 0.2) is 48.5 Å². The van der Waals surface area contributed by atoms with Crippen LogP contribution in [0.25, 0.3) is 6.08 Å². The number of methoxy groups -OCH3 is 1. The predicted molar refractivity (Wildman–Crippen MR) is 104 cm³/mol. The van der Waals surface area contributed by atoms with Gasteiger partial charge in [0, 0.05) is 29.8 Å². The smallest absolute Gasteiger partial charge is 0.269 e. The molecule has 0 aliphatic carbocycles. The van der Waals surface area contributed by atoms with Crippen LogP contribution in [-0.4, -0.2) is 30.9 Å². The fourth-order valence-electron chi connectivity index (χ4n) is 4.19. The standard InChI is InChI=1S/C21H22N2O4/c1-20(2)18-14-17(26-3)8-9-19(18)22-12-13-27-21(20,22)11-10-15-4-6-16(7-5-15)23(24)25/h4-11,14H,12-13H2,1-3H3/b11-10+. The van der Waals surface area contributed by atoms with Gasteiger partial charge in [-0.05, 0) is 47.5 Å². The quantitative estimate of drug-likeness (QED) is 0.601. The number of benzene rings is 2. The van der Waals surface area contributed by atoms with Crippen LogP contribution in [0.5, 0.6) is 5.75 Å². The third-order valence-electron chi connectivity index (χ3n) is 5.71. The van der Waals surface area contributed by atoms with E-state index in [1.54, 1.807) is 19.2 Å². The number of fused-ring (bicyclic) bond motifs is 3. The van der Waals surface area contributed by atoms with E-state index in [1.807, 2.05) is 12.1 Å². The summed E-state index contributed by atoms with van der Waals surface area (Å²) in [6.45, 7) is 5.82. The van der Waals surface area contributed by atoms with Gasteiger partial charge in [0.2, 0.25) is 0 Å². The van der Waals surface area contributed by atoms with Gasteiger partial charge in [0.05, 0.1) is 18.6 Å². The number of hydrogen-bond donors (Lipinski definition) is 0. The van der Waals surface area contributed by atoms with Crippen molar-refractivity contribution in [3.8, 4) is 5.75 Å².